The predicted molar refractivity (Wildman–Crippen MR) is 149 cm³/mol. The summed E-state index contributed by atoms with van der Waals surface area (Å²) in [6, 6.07) is 22.0. The van der Waals surface area contributed by atoms with E-state index in [4.69, 9.17) is 4.74 Å². The van der Waals surface area contributed by atoms with Crippen LogP contribution in [0.4, 0.5) is 0 Å². The third kappa shape index (κ3) is 6.80. The largest absolute Gasteiger partial charge is 0.487 e. The molecule has 0 saturated carbocycles. The standard InChI is InChI=1S/C31H34BrNO4/c1-30(2,3)25-10-5-22(6-11-25)20-33(16-15-28(34)35)29(36)23-9-14-27-24(17-23)19-31(4,37-27)18-21-7-12-26(32)13-8-21/h5-14,17H,15-16,18-20H2,1-4H3,(H,34,35). The number of aliphatic carboxylic acids is 1. The Morgan fingerprint density at radius 2 is 1.65 bits per heavy atom. The van der Waals surface area contributed by atoms with Crippen molar-refractivity contribution in [2.24, 2.45) is 0 Å². The zero-order valence-electron chi connectivity index (χ0n) is 21.9. The highest BCUT2D eigenvalue weighted by Gasteiger charge is 2.35. The second-order valence-electron chi connectivity index (χ2n) is 11.2. The third-order valence-electron chi connectivity index (χ3n) is 6.80. The fourth-order valence-electron chi connectivity index (χ4n) is 4.78. The van der Waals surface area contributed by atoms with Gasteiger partial charge in [-0.1, -0.05) is 73.1 Å². The number of carboxylic acids is 1. The zero-order valence-corrected chi connectivity index (χ0v) is 23.5. The maximum absolute atomic E-state index is 13.6. The molecule has 3 aromatic carbocycles. The number of carbonyl (C=O) groups excluding carboxylic acids is 1. The lowest BCUT2D eigenvalue weighted by molar-refractivity contribution is -0.137. The summed E-state index contributed by atoms with van der Waals surface area (Å²) in [4.78, 5) is 26.5. The third-order valence-corrected chi connectivity index (χ3v) is 7.32. The smallest absolute Gasteiger partial charge is 0.305 e. The Hall–Kier alpha value is -3.12. The molecule has 1 heterocycles. The van der Waals surface area contributed by atoms with Crippen molar-refractivity contribution in [2.45, 2.75) is 64.5 Å². The lowest BCUT2D eigenvalue weighted by Crippen LogP contribution is -2.33. The number of hydrogen-bond acceptors (Lipinski definition) is 3. The summed E-state index contributed by atoms with van der Waals surface area (Å²) in [5, 5.41) is 9.27. The summed E-state index contributed by atoms with van der Waals surface area (Å²) < 4.78 is 7.36. The van der Waals surface area contributed by atoms with Crippen LogP contribution in [0.5, 0.6) is 5.75 Å². The van der Waals surface area contributed by atoms with Crippen LogP contribution >= 0.6 is 15.9 Å². The topological polar surface area (TPSA) is 66.8 Å². The summed E-state index contributed by atoms with van der Waals surface area (Å²) >= 11 is 3.48. The van der Waals surface area contributed by atoms with Crippen LogP contribution in [0.15, 0.2) is 71.2 Å². The van der Waals surface area contributed by atoms with Gasteiger partial charge in [-0.3, -0.25) is 9.59 Å². The molecular formula is C31H34BrNO4. The molecule has 5 nitrogen and oxygen atoms in total. The number of ether oxygens (including phenoxy) is 1. The number of benzene rings is 3. The van der Waals surface area contributed by atoms with Gasteiger partial charge >= 0.3 is 5.97 Å². The zero-order chi connectivity index (χ0) is 26.8. The minimum atomic E-state index is -0.924. The van der Waals surface area contributed by atoms with Crippen molar-refractivity contribution in [3.05, 3.63) is 99.0 Å². The number of hydrogen-bond donors (Lipinski definition) is 1. The van der Waals surface area contributed by atoms with E-state index >= 15 is 0 Å². The molecule has 0 spiro atoms. The summed E-state index contributed by atoms with van der Waals surface area (Å²) in [6.07, 6.45) is 1.35. The monoisotopic (exact) mass is 563 g/mol. The van der Waals surface area contributed by atoms with Crippen LogP contribution < -0.4 is 4.74 Å². The van der Waals surface area contributed by atoms with Crippen molar-refractivity contribution in [1.82, 2.24) is 4.90 Å². The molecule has 0 radical (unpaired) electrons. The number of halogens is 1. The van der Waals surface area contributed by atoms with Gasteiger partial charge in [0.15, 0.2) is 0 Å². The van der Waals surface area contributed by atoms with Gasteiger partial charge in [-0.2, -0.15) is 0 Å². The van der Waals surface area contributed by atoms with Gasteiger partial charge in [-0.05, 0) is 64.9 Å². The highest BCUT2D eigenvalue weighted by Crippen LogP contribution is 2.38. The van der Waals surface area contributed by atoms with Crippen molar-refractivity contribution < 1.29 is 19.4 Å². The number of fused-ring (bicyclic) bond motifs is 1. The van der Waals surface area contributed by atoms with Gasteiger partial charge < -0.3 is 14.7 Å². The molecule has 194 valence electrons. The number of amides is 1. The Labute approximate surface area is 227 Å². The Balaban J connectivity index is 1.51. The van der Waals surface area contributed by atoms with E-state index in [-0.39, 0.29) is 24.3 Å². The first-order chi connectivity index (χ1) is 17.4. The van der Waals surface area contributed by atoms with E-state index in [1.807, 2.05) is 36.4 Å². The van der Waals surface area contributed by atoms with Crippen molar-refractivity contribution in [3.63, 3.8) is 0 Å². The maximum Gasteiger partial charge on any atom is 0.305 e. The minimum Gasteiger partial charge on any atom is -0.487 e. The predicted octanol–water partition coefficient (Wildman–Crippen LogP) is 6.80. The van der Waals surface area contributed by atoms with E-state index in [2.05, 4.69) is 67.9 Å². The van der Waals surface area contributed by atoms with Crippen molar-refractivity contribution in [1.29, 1.82) is 0 Å². The normalized spacial score (nSPS) is 16.7. The molecule has 1 aliphatic heterocycles. The van der Waals surface area contributed by atoms with Crippen LogP contribution in [0.2, 0.25) is 0 Å². The SMILES string of the molecule is CC1(Cc2ccc(Br)cc2)Cc2cc(C(=O)N(CCC(=O)O)Cc3ccc(C(C)(C)C)cc3)ccc2O1. The molecule has 0 bridgehead atoms. The molecule has 0 aromatic heterocycles. The molecule has 0 aliphatic carbocycles. The summed E-state index contributed by atoms with van der Waals surface area (Å²) in [6.45, 7) is 9.07. The lowest BCUT2D eigenvalue weighted by atomic mass is 9.87. The van der Waals surface area contributed by atoms with Crippen LogP contribution in [-0.2, 0) is 29.6 Å². The molecule has 4 rings (SSSR count). The Bertz CT molecular complexity index is 1280. The average molecular weight is 565 g/mol. The molecule has 37 heavy (non-hydrogen) atoms. The lowest BCUT2D eigenvalue weighted by Gasteiger charge is -2.24. The highest BCUT2D eigenvalue weighted by atomic mass is 79.9. The molecule has 1 atom stereocenters. The molecule has 0 saturated heterocycles. The van der Waals surface area contributed by atoms with Gasteiger partial charge in [0.25, 0.3) is 5.91 Å². The van der Waals surface area contributed by atoms with Crippen LogP contribution in [0, 0.1) is 0 Å². The molecular weight excluding hydrogens is 530 g/mol. The molecule has 1 amide bonds. The Morgan fingerprint density at radius 1 is 1.00 bits per heavy atom. The molecule has 3 aromatic rings. The van der Waals surface area contributed by atoms with Crippen LogP contribution in [0.3, 0.4) is 0 Å². The molecule has 1 N–H and O–H groups in total. The van der Waals surface area contributed by atoms with Gasteiger partial charge in [0.05, 0.1) is 6.42 Å². The van der Waals surface area contributed by atoms with E-state index in [1.165, 1.54) is 11.1 Å². The van der Waals surface area contributed by atoms with E-state index in [9.17, 15) is 14.7 Å². The van der Waals surface area contributed by atoms with E-state index in [0.29, 0.717) is 18.5 Å². The number of nitrogens with zero attached hydrogens (tertiary/aromatic N) is 1. The number of carbonyl (C=O) groups is 2. The molecule has 0 fully saturated rings. The van der Waals surface area contributed by atoms with Crippen molar-refractivity contribution >= 4 is 27.8 Å². The first-order valence-corrected chi connectivity index (χ1v) is 13.4. The van der Waals surface area contributed by atoms with E-state index < -0.39 is 11.6 Å². The molecule has 1 unspecified atom stereocenters. The quantitative estimate of drug-likeness (QED) is 0.327. The number of rotatable bonds is 8. The Morgan fingerprint density at radius 3 is 2.27 bits per heavy atom. The highest BCUT2D eigenvalue weighted by molar-refractivity contribution is 9.10. The average Bonchev–Trinajstić information content (AvgIpc) is 3.17. The molecule has 1 aliphatic rings. The van der Waals surface area contributed by atoms with Gasteiger partial charge in [-0.25, -0.2) is 0 Å². The fourth-order valence-corrected chi connectivity index (χ4v) is 5.05. The van der Waals surface area contributed by atoms with Crippen molar-refractivity contribution in [2.75, 3.05) is 6.54 Å². The molecule has 6 heteroatoms. The number of carboxylic acid groups (broad SMARTS) is 1. The van der Waals surface area contributed by atoms with Gasteiger partial charge in [-0.15, -0.1) is 0 Å². The van der Waals surface area contributed by atoms with Gasteiger partial charge in [0.1, 0.15) is 11.4 Å². The summed E-state index contributed by atoms with van der Waals surface area (Å²) in [7, 11) is 0. The second kappa shape index (κ2) is 10.7. The minimum absolute atomic E-state index is 0.0374. The first kappa shape index (κ1) is 26.9. The van der Waals surface area contributed by atoms with Crippen molar-refractivity contribution in [3.8, 4) is 5.75 Å². The summed E-state index contributed by atoms with van der Waals surface area (Å²) in [5.41, 5.74) is 4.56. The van der Waals surface area contributed by atoms with E-state index in [1.54, 1.807) is 11.0 Å². The Kier molecular flexibility index (Phi) is 7.79. The van der Waals surface area contributed by atoms with Crippen LogP contribution in [0.25, 0.3) is 0 Å². The van der Waals surface area contributed by atoms with Crippen LogP contribution in [-0.4, -0.2) is 34.0 Å². The van der Waals surface area contributed by atoms with Gasteiger partial charge in [0, 0.05) is 36.0 Å². The van der Waals surface area contributed by atoms with Gasteiger partial charge in [0.2, 0.25) is 0 Å². The van der Waals surface area contributed by atoms with Crippen LogP contribution in [0.1, 0.15) is 66.7 Å². The summed E-state index contributed by atoms with van der Waals surface area (Å²) in [5.74, 6) is -0.302. The first-order valence-electron chi connectivity index (χ1n) is 12.6. The second-order valence-corrected chi connectivity index (χ2v) is 12.1. The maximum atomic E-state index is 13.6. The fraction of sp³-hybridized carbons (Fsp3) is 0.355. The van der Waals surface area contributed by atoms with E-state index in [0.717, 1.165) is 27.8 Å².